The molecular weight excluding hydrogens is 266 g/mol. The van der Waals surface area contributed by atoms with E-state index >= 15 is 0 Å². The van der Waals surface area contributed by atoms with Gasteiger partial charge < -0.3 is 14.9 Å². The first-order valence-electron chi connectivity index (χ1n) is 5.45. The standard InChI is InChI=1S/C13H9NO6/c15-10-5-8(13(16)17)6-12(7-10)20-11-3-1-9(2-4-11)14(18)19/h1-7,15H,(H,16,17). The molecule has 0 unspecified atom stereocenters. The van der Waals surface area contributed by atoms with Gasteiger partial charge in [-0.15, -0.1) is 0 Å². The smallest absolute Gasteiger partial charge is 0.335 e. The van der Waals surface area contributed by atoms with E-state index in [1.807, 2.05) is 0 Å². The first-order valence-corrected chi connectivity index (χ1v) is 5.45. The fourth-order valence-electron chi connectivity index (χ4n) is 1.54. The van der Waals surface area contributed by atoms with Crippen LogP contribution in [0, 0.1) is 10.1 Å². The minimum Gasteiger partial charge on any atom is -0.508 e. The van der Waals surface area contributed by atoms with Gasteiger partial charge in [0.2, 0.25) is 0 Å². The number of nitro benzene ring substituents is 1. The van der Waals surface area contributed by atoms with E-state index in [2.05, 4.69) is 0 Å². The van der Waals surface area contributed by atoms with Gasteiger partial charge in [0, 0.05) is 18.2 Å². The van der Waals surface area contributed by atoms with Crippen molar-refractivity contribution in [2.24, 2.45) is 0 Å². The van der Waals surface area contributed by atoms with Crippen LogP contribution in [0.1, 0.15) is 10.4 Å². The molecule has 0 aliphatic heterocycles. The highest BCUT2D eigenvalue weighted by Gasteiger charge is 2.09. The van der Waals surface area contributed by atoms with Gasteiger partial charge in [-0.1, -0.05) is 0 Å². The van der Waals surface area contributed by atoms with Gasteiger partial charge in [-0.05, 0) is 24.3 Å². The maximum Gasteiger partial charge on any atom is 0.335 e. The van der Waals surface area contributed by atoms with Crippen molar-refractivity contribution in [1.82, 2.24) is 0 Å². The number of benzene rings is 2. The highest BCUT2D eigenvalue weighted by Crippen LogP contribution is 2.28. The lowest BCUT2D eigenvalue weighted by Gasteiger charge is -2.07. The zero-order chi connectivity index (χ0) is 14.7. The quantitative estimate of drug-likeness (QED) is 0.655. The number of phenolic OH excluding ortho intramolecular Hbond substituents is 1. The molecule has 7 heteroatoms. The predicted octanol–water partition coefficient (Wildman–Crippen LogP) is 2.79. The Balaban J connectivity index is 2.25. The molecular formula is C13H9NO6. The molecule has 0 saturated carbocycles. The lowest BCUT2D eigenvalue weighted by atomic mass is 10.2. The molecule has 2 rings (SSSR count). The van der Waals surface area contributed by atoms with Crippen molar-refractivity contribution in [2.75, 3.05) is 0 Å². The van der Waals surface area contributed by atoms with Crippen LogP contribution in [0.15, 0.2) is 42.5 Å². The van der Waals surface area contributed by atoms with Gasteiger partial charge in [-0.2, -0.15) is 0 Å². The SMILES string of the molecule is O=C(O)c1cc(O)cc(Oc2ccc([N+](=O)[O-])cc2)c1. The van der Waals surface area contributed by atoms with E-state index in [-0.39, 0.29) is 28.5 Å². The van der Waals surface area contributed by atoms with Gasteiger partial charge in [0.05, 0.1) is 10.5 Å². The minimum absolute atomic E-state index is 0.0838. The topological polar surface area (TPSA) is 110 Å². The van der Waals surface area contributed by atoms with E-state index in [0.717, 1.165) is 6.07 Å². The summed E-state index contributed by atoms with van der Waals surface area (Å²) in [5, 5.41) is 28.8. The zero-order valence-corrected chi connectivity index (χ0v) is 10.0. The third kappa shape index (κ3) is 3.02. The molecule has 0 aromatic heterocycles. The van der Waals surface area contributed by atoms with Crippen molar-refractivity contribution in [2.45, 2.75) is 0 Å². The van der Waals surface area contributed by atoms with Crippen LogP contribution in [-0.4, -0.2) is 21.1 Å². The van der Waals surface area contributed by atoms with Gasteiger partial charge >= 0.3 is 5.97 Å². The molecule has 0 saturated heterocycles. The highest BCUT2D eigenvalue weighted by molar-refractivity contribution is 5.88. The summed E-state index contributed by atoms with van der Waals surface area (Å²) in [4.78, 5) is 20.8. The highest BCUT2D eigenvalue weighted by atomic mass is 16.6. The first-order chi connectivity index (χ1) is 9.45. The second kappa shape index (κ2) is 5.27. The van der Waals surface area contributed by atoms with Crippen molar-refractivity contribution in [3.63, 3.8) is 0 Å². The number of carboxylic acid groups (broad SMARTS) is 1. The summed E-state index contributed by atoms with van der Waals surface area (Å²) < 4.78 is 5.34. The van der Waals surface area contributed by atoms with E-state index < -0.39 is 10.9 Å². The average molecular weight is 275 g/mol. The molecule has 20 heavy (non-hydrogen) atoms. The number of ether oxygens (including phenoxy) is 1. The number of hydrogen-bond donors (Lipinski definition) is 2. The summed E-state index contributed by atoms with van der Waals surface area (Å²) in [7, 11) is 0. The minimum atomic E-state index is -1.20. The number of rotatable bonds is 4. The number of carboxylic acids is 1. The fraction of sp³-hybridized carbons (Fsp3) is 0. The van der Waals surface area contributed by atoms with Crippen LogP contribution < -0.4 is 4.74 Å². The maximum atomic E-state index is 10.8. The Bertz CT molecular complexity index is 665. The lowest BCUT2D eigenvalue weighted by Crippen LogP contribution is -1.96. The van der Waals surface area contributed by atoms with Gasteiger partial charge in [0.15, 0.2) is 0 Å². The van der Waals surface area contributed by atoms with Crippen LogP contribution >= 0.6 is 0 Å². The van der Waals surface area contributed by atoms with Crippen LogP contribution in [0.4, 0.5) is 5.69 Å². The van der Waals surface area contributed by atoms with Gasteiger partial charge in [-0.3, -0.25) is 10.1 Å². The number of phenols is 1. The summed E-state index contributed by atoms with van der Waals surface area (Å²) in [6.07, 6.45) is 0. The molecule has 0 bridgehead atoms. The maximum absolute atomic E-state index is 10.8. The van der Waals surface area contributed by atoms with Crippen LogP contribution in [0.2, 0.25) is 0 Å². The Morgan fingerprint density at radius 1 is 1.10 bits per heavy atom. The number of non-ortho nitro benzene ring substituents is 1. The van der Waals surface area contributed by atoms with Crippen molar-refractivity contribution in [1.29, 1.82) is 0 Å². The molecule has 0 amide bonds. The van der Waals surface area contributed by atoms with Gasteiger partial charge in [-0.25, -0.2) is 4.79 Å². The Labute approximate surface area is 112 Å². The zero-order valence-electron chi connectivity index (χ0n) is 10.0. The second-order valence-electron chi connectivity index (χ2n) is 3.87. The number of carbonyl (C=O) groups is 1. The number of aromatic carboxylic acids is 1. The summed E-state index contributed by atoms with van der Waals surface area (Å²) in [6.45, 7) is 0. The molecule has 2 aromatic carbocycles. The van der Waals surface area contributed by atoms with Crippen molar-refractivity contribution in [3.05, 3.63) is 58.1 Å². The third-order valence-electron chi connectivity index (χ3n) is 2.42. The van der Waals surface area contributed by atoms with Crippen molar-refractivity contribution >= 4 is 11.7 Å². The average Bonchev–Trinajstić information content (AvgIpc) is 2.38. The number of nitrogens with zero attached hydrogens (tertiary/aromatic N) is 1. The number of nitro groups is 1. The van der Waals surface area contributed by atoms with Gasteiger partial charge in [0.25, 0.3) is 5.69 Å². The molecule has 2 aromatic rings. The fourth-order valence-corrected chi connectivity index (χ4v) is 1.54. The van der Waals surface area contributed by atoms with Crippen molar-refractivity contribution < 1.29 is 24.7 Å². The molecule has 102 valence electrons. The molecule has 7 nitrogen and oxygen atoms in total. The van der Waals surface area contributed by atoms with Gasteiger partial charge in [0.1, 0.15) is 17.2 Å². The Kier molecular flexibility index (Phi) is 3.52. The Morgan fingerprint density at radius 2 is 1.75 bits per heavy atom. The molecule has 0 fully saturated rings. The monoisotopic (exact) mass is 275 g/mol. The van der Waals surface area contributed by atoms with Crippen LogP contribution in [-0.2, 0) is 0 Å². The van der Waals surface area contributed by atoms with E-state index in [4.69, 9.17) is 9.84 Å². The Morgan fingerprint density at radius 3 is 2.30 bits per heavy atom. The summed E-state index contributed by atoms with van der Waals surface area (Å²) >= 11 is 0. The van der Waals surface area contributed by atoms with E-state index in [1.54, 1.807) is 0 Å². The normalized spacial score (nSPS) is 10.0. The molecule has 2 N–H and O–H groups in total. The molecule has 0 spiro atoms. The van der Waals surface area contributed by atoms with E-state index in [9.17, 15) is 20.0 Å². The molecule has 0 heterocycles. The molecule has 0 aliphatic carbocycles. The van der Waals surface area contributed by atoms with E-state index in [1.165, 1.54) is 36.4 Å². The molecule has 0 radical (unpaired) electrons. The first kappa shape index (κ1) is 13.3. The molecule has 0 aliphatic rings. The van der Waals surface area contributed by atoms with Crippen molar-refractivity contribution in [3.8, 4) is 17.2 Å². The second-order valence-corrected chi connectivity index (χ2v) is 3.87. The number of aromatic hydroxyl groups is 1. The number of hydrogen-bond acceptors (Lipinski definition) is 5. The van der Waals surface area contributed by atoms with E-state index in [0.29, 0.717) is 0 Å². The summed E-state index contributed by atoms with van der Waals surface area (Å²) in [5.41, 5.74) is -0.207. The molecule has 0 atom stereocenters. The lowest BCUT2D eigenvalue weighted by molar-refractivity contribution is -0.384. The Hall–Kier alpha value is -3.09. The van der Waals surface area contributed by atoms with Crippen LogP contribution in [0.5, 0.6) is 17.2 Å². The predicted molar refractivity (Wildman–Crippen MR) is 68.2 cm³/mol. The summed E-state index contributed by atoms with van der Waals surface area (Å²) in [6, 6.07) is 8.85. The summed E-state index contributed by atoms with van der Waals surface area (Å²) in [5.74, 6) is -1.04. The van der Waals surface area contributed by atoms with Crippen LogP contribution in [0.3, 0.4) is 0 Å². The largest absolute Gasteiger partial charge is 0.508 e. The van der Waals surface area contributed by atoms with Crippen LogP contribution in [0.25, 0.3) is 0 Å². The third-order valence-corrected chi connectivity index (χ3v) is 2.42.